The van der Waals surface area contributed by atoms with Crippen LogP contribution in [0.1, 0.15) is 22.4 Å². The van der Waals surface area contributed by atoms with Crippen LogP contribution in [-0.2, 0) is 19.5 Å². The highest BCUT2D eigenvalue weighted by Crippen LogP contribution is 2.32. The minimum absolute atomic E-state index is 0.0943. The molecule has 4 aromatic rings. The first kappa shape index (κ1) is 24.4. The first-order chi connectivity index (χ1) is 17.4. The summed E-state index contributed by atoms with van der Waals surface area (Å²) >= 11 is 12.2. The van der Waals surface area contributed by atoms with Crippen molar-refractivity contribution in [3.8, 4) is 0 Å². The molecule has 0 spiro atoms. The van der Waals surface area contributed by atoms with Crippen LogP contribution < -0.4 is 5.32 Å². The Morgan fingerprint density at radius 1 is 1.11 bits per heavy atom. The van der Waals surface area contributed by atoms with E-state index in [0.717, 1.165) is 34.3 Å². The van der Waals surface area contributed by atoms with Gasteiger partial charge in [-0.25, -0.2) is 14.2 Å². The van der Waals surface area contributed by atoms with E-state index in [1.54, 1.807) is 28.8 Å². The van der Waals surface area contributed by atoms with Crippen LogP contribution in [0.3, 0.4) is 0 Å². The molecule has 0 fully saturated rings. The fourth-order valence-corrected chi connectivity index (χ4v) is 4.90. The maximum absolute atomic E-state index is 13.4. The molecule has 1 amide bonds. The normalized spacial score (nSPS) is 13.9. The fraction of sp³-hybridized carbons (Fsp3) is 0.185. The minimum Gasteiger partial charge on any atom is -0.333 e. The van der Waals surface area contributed by atoms with Gasteiger partial charge in [0.2, 0.25) is 5.95 Å². The van der Waals surface area contributed by atoms with Gasteiger partial charge in [-0.05, 0) is 59.2 Å². The van der Waals surface area contributed by atoms with E-state index in [4.69, 9.17) is 23.2 Å². The van der Waals surface area contributed by atoms with E-state index in [1.165, 1.54) is 18.3 Å². The smallest absolute Gasteiger partial charge is 0.326 e. The van der Waals surface area contributed by atoms with Gasteiger partial charge in [0.25, 0.3) is 0 Å². The second-order valence-corrected chi connectivity index (χ2v) is 9.47. The predicted octanol–water partition coefficient (Wildman–Crippen LogP) is 6.45. The number of pyridine rings is 1. The summed E-state index contributed by atoms with van der Waals surface area (Å²) in [5.41, 5.74) is 4.23. The fourth-order valence-electron chi connectivity index (χ4n) is 4.54. The van der Waals surface area contributed by atoms with Crippen LogP contribution in [0.25, 0.3) is 17.0 Å². The van der Waals surface area contributed by atoms with Crippen LogP contribution in [0.2, 0.25) is 10.0 Å². The van der Waals surface area contributed by atoms with Crippen LogP contribution in [0.15, 0.2) is 60.8 Å². The molecule has 184 valence electrons. The Hall–Kier alpha value is -3.26. The van der Waals surface area contributed by atoms with Gasteiger partial charge in [0.1, 0.15) is 5.82 Å². The second kappa shape index (κ2) is 10.4. The van der Waals surface area contributed by atoms with Crippen molar-refractivity contribution in [3.63, 3.8) is 0 Å². The Morgan fingerprint density at radius 3 is 2.78 bits per heavy atom. The zero-order valence-electron chi connectivity index (χ0n) is 19.1. The molecule has 36 heavy (non-hydrogen) atoms. The first-order valence-corrected chi connectivity index (χ1v) is 12.2. The van der Waals surface area contributed by atoms with Gasteiger partial charge in [-0.1, -0.05) is 41.4 Å². The summed E-state index contributed by atoms with van der Waals surface area (Å²) in [4.78, 5) is 19.1. The van der Waals surface area contributed by atoms with Crippen LogP contribution in [-0.4, -0.2) is 33.6 Å². The molecule has 1 N–H and O–H groups in total. The molecule has 0 saturated heterocycles. The topological polar surface area (TPSA) is 50.2 Å². The maximum Gasteiger partial charge on any atom is 0.326 e. The van der Waals surface area contributed by atoms with Crippen molar-refractivity contribution in [2.75, 3.05) is 13.1 Å². The van der Waals surface area contributed by atoms with Gasteiger partial charge in [-0.3, -0.25) is 9.47 Å². The lowest BCUT2D eigenvalue weighted by Gasteiger charge is -2.27. The minimum atomic E-state index is -0.586. The van der Waals surface area contributed by atoms with Gasteiger partial charge < -0.3 is 5.32 Å². The van der Waals surface area contributed by atoms with E-state index in [9.17, 15) is 13.6 Å². The standard InChI is InChI=1S/C27H22Cl2F2N4O/c28-19-4-6-24-20(14-19)21-16-34(10-1-2-17-3-5-23(30)22(29)12-17)11-8-25(21)35(24)27(36)33-15-18-7-9-32-26(31)13-18/h1-7,9,12-14H,8,10-11,15-16H2,(H,33,36). The SMILES string of the molecule is O=C(NCc1ccnc(F)c1)n1c2c(c3cc(Cl)ccc31)CN(CC=Cc1ccc(F)c(Cl)c1)CC2. The summed E-state index contributed by atoms with van der Waals surface area (Å²) in [7, 11) is 0. The molecule has 9 heteroatoms. The maximum atomic E-state index is 13.4. The van der Waals surface area contributed by atoms with Crippen molar-refractivity contribution in [2.24, 2.45) is 0 Å². The van der Waals surface area contributed by atoms with Crippen molar-refractivity contribution < 1.29 is 13.6 Å². The van der Waals surface area contributed by atoms with Crippen molar-refractivity contribution in [3.05, 3.63) is 105 Å². The number of aromatic nitrogens is 2. The van der Waals surface area contributed by atoms with Gasteiger partial charge in [0.05, 0.1) is 10.5 Å². The largest absolute Gasteiger partial charge is 0.333 e. The molecule has 0 aliphatic carbocycles. The number of benzene rings is 2. The highest BCUT2D eigenvalue weighted by molar-refractivity contribution is 6.31. The number of hydrogen-bond donors (Lipinski definition) is 1. The summed E-state index contributed by atoms with van der Waals surface area (Å²) in [5.74, 6) is -1.03. The third kappa shape index (κ3) is 5.14. The highest BCUT2D eigenvalue weighted by Gasteiger charge is 2.26. The van der Waals surface area contributed by atoms with E-state index in [-0.39, 0.29) is 17.6 Å². The lowest BCUT2D eigenvalue weighted by molar-refractivity contribution is 0.240. The Balaban J connectivity index is 1.36. The lowest BCUT2D eigenvalue weighted by atomic mass is 10.0. The molecule has 0 saturated carbocycles. The number of hydrogen-bond acceptors (Lipinski definition) is 3. The van der Waals surface area contributed by atoms with E-state index in [1.807, 2.05) is 24.3 Å². The number of carbonyl (C=O) groups is 1. The summed E-state index contributed by atoms with van der Waals surface area (Å²) < 4.78 is 28.5. The Bertz CT molecular complexity index is 1480. The van der Waals surface area contributed by atoms with E-state index in [0.29, 0.717) is 30.1 Å². The average Bonchev–Trinajstić information content (AvgIpc) is 3.18. The van der Waals surface area contributed by atoms with E-state index >= 15 is 0 Å². The third-order valence-electron chi connectivity index (χ3n) is 6.24. The van der Waals surface area contributed by atoms with Crippen LogP contribution >= 0.6 is 23.2 Å². The average molecular weight is 527 g/mol. The molecule has 5 rings (SSSR count). The summed E-state index contributed by atoms with van der Waals surface area (Å²) in [6, 6.07) is 12.8. The predicted molar refractivity (Wildman–Crippen MR) is 138 cm³/mol. The summed E-state index contributed by atoms with van der Waals surface area (Å²) in [6.45, 7) is 2.27. The number of amides is 1. The number of rotatable bonds is 5. The second-order valence-electron chi connectivity index (χ2n) is 8.63. The van der Waals surface area contributed by atoms with Gasteiger partial charge in [0.15, 0.2) is 0 Å². The quantitative estimate of drug-likeness (QED) is 0.304. The lowest BCUT2D eigenvalue weighted by Crippen LogP contribution is -2.34. The molecule has 3 heterocycles. The number of nitrogens with one attached hydrogen (secondary N) is 1. The van der Waals surface area contributed by atoms with Crippen molar-refractivity contribution in [1.82, 2.24) is 19.8 Å². The Kier molecular flexibility index (Phi) is 7.05. The Labute approximate surface area is 216 Å². The summed E-state index contributed by atoms with van der Waals surface area (Å²) in [5, 5.41) is 4.52. The van der Waals surface area contributed by atoms with Gasteiger partial charge in [0, 0.05) is 54.9 Å². The Morgan fingerprint density at radius 2 is 1.97 bits per heavy atom. The van der Waals surface area contributed by atoms with Crippen LogP contribution in [0, 0.1) is 11.8 Å². The number of fused-ring (bicyclic) bond motifs is 3. The number of carbonyl (C=O) groups excluding carboxylic acids is 1. The molecule has 2 aromatic carbocycles. The van der Waals surface area contributed by atoms with Crippen LogP contribution in [0.4, 0.5) is 13.6 Å². The zero-order chi connectivity index (χ0) is 25.2. The molecule has 0 bridgehead atoms. The molecule has 2 aromatic heterocycles. The van der Waals surface area contributed by atoms with Crippen molar-refractivity contribution in [2.45, 2.75) is 19.5 Å². The molecule has 1 aliphatic heterocycles. The van der Waals surface area contributed by atoms with Crippen molar-refractivity contribution in [1.29, 1.82) is 0 Å². The first-order valence-electron chi connectivity index (χ1n) is 11.4. The molecule has 0 unspecified atom stereocenters. The number of halogens is 4. The zero-order valence-corrected chi connectivity index (χ0v) is 20.7. The van der Waals surface area contributed by atoms with Gasteiger partial charge >= 0.3 is 6.03 Å². The molecule has 0 radical (unpaired) electrons. The molecule has 5 nitrogen and oxygen atoms in total. The third-order valence-corrected chi connectivity index (χ3v) is 6.77. The summed E-state index contributed by atoms with van der Waals surface area (Å²) in [6.07, 6.45) is 5.98. The van der Waals surface area contributed by atoms with E-state index < -0.39 is 11.8 Å². The highest BCUT2D eigenvalue weighted by atomic mass is 35.5. The van der Waals surface area contributed by atoms with Crippen LogP contribution in [0.5, 0.6) is 0 Å². The molecular formula is C27H22Cl2F2N4O. The van der Waals surface area contributed by atoms with Gasteiger partial charge in [-0.15, -0.1) is 0 Å². The molecule has 1 aliphatic rings. The molecular weight excluding hydrogens is 505 g/mol. The van der Waals surface area contributed by atoms with Crippen molar-refractivity contribution >= 4 is 46.2 Å². The molecule has 0 atom stereocenters. The monoisotopic (exact) mass is 526 g/mol. The van der Waals surface area contributed by atoms with E-state index in [2.05, 4.69) is 15.2 Å². The van der Waals surface area contributed by atoms with Gasteiger partial charge in [-0.2, -0.15) is 4.39 Å². The number of nitrogens with zero attached hydrogens (tertiary/aromatic N) is 3.